The van der Waals surface area contributed by atoms with E-state index >= 15 is 0 Å². The molecule has 0 aliphatic heterocycles. The predicted octanol–water partition coefficient (Wildman–Crippen LogP) is 3.63. The Labute approximate surface area is 131 Å². The van der Waals surface area contributed by atoms with Crippen molar-refractivity contribution in [2.45, 2.75) is 30.3 Å². The number of thiophene rings is 1. The van der Waals surface area contributed by atoms with E-state index in [9.17, 15) is 0 Å². The van der Waals surface area contributed by atoms with Gasteiger partial charge >= 0.3 is 0 Å². The molecule has 0 saturated heterocycles. The lowest BCUT2D eigenvalue weighted by Crippen LogP contribution is -2.02. The minimum atomic E-state index is 0.672. The Morgan fingerprint density at radius 1 is 1.29 bits per heavy atom. The molecule has 0 spiro atoms. The van der Waals surface area contributed by atoms with E-state index in [2.05, 4.69) is 38.2 Å². The lowest BCUT2D eigenvalue weighted by Gasteiger charge is -2.05. The van der Waals surface area contributed by atoms with E-state index in [0.717, 1.165) is 33.2 Å². The fourth-order valence-electron chi connectivity index (χ4n) is 1.87. The Hall–Kier alpha value is -1.73. The summed E-state index contributed by atoms with van der Waals surface area (Å²) in [6, 6.07) is 4.07. The van der Waals surface area contributed by atoms with Crippen LogP contribution in [0.5, 0.6) is 0 Å². The van der Waals surface area contributed by atoms with Crippen LogP contribution in [0.4, 0.5) is 5.95 Å². The van der Waals surface area contributed by atoms with E-state index < -0.39 is 0 Å². The molecule has 21 heavy (non-hydrogen) atoms. The molecule has 0 aromatic carbocycles. The monoisotopic (exact) mass is 317 g/mol. The van der Waals surface area contributed by atoms with Crippen LogP contribution in [-0.4, -0.2) is 26.5 Å². The molecular weight excluding hydrogens is 302 g/mol. The summed E-state index contributed by atoms with van der Waals surface area (Å²) in [4.78, 5) is 19.8. The van der Waals surface area contributed by atoms with E-state index in [1.165, 1.54) is 4.88 Å². The van der Waals surface area contributed by atoms with Crippen molar-refractivity contribution in [3.8, 4) is 0 Å². The smallest absolute Gasteiger partial charge is 0.225 e. The molecular formula is C14H15N5S2. The largest absolute Gasteiger partial charge is 0.354 e. The van der Waals surface area contributed by atoms with Gasteiger partial charge in [0.1, 0.15) is 21.2 Å². The van der Waals surface area contributed by atoms with Crippen molar-refractivity contribution in [3.05, 3.63) is 29.5 Å². The molecule has 108 valence electrons. The molecule has 7 heteroatoms. The van der Waals surface area contributed by atoms with E-state index in [-0.39, 0.29) is 0 Å². The van der Waals surface area contributed by atoms with Gasteiger partial charge in [-0.25, -0.2) is 19.9 Å². The van der Waals surface area contributed by atoms with Crippen LogP contribution < -0.4 is 5.32 Å². The number of anilines is 1. The van der Waals surface area contributed by atoms with Crippen molar-refractivity contribution in [2.24, 2.45) is 0 Å². The molecule has 3 heterocycles. The van der Waals surface area contributed by atoms with Crippen molar-refractivity contribution < 1.29 is 0 Å². The third-order valence-electron chi connectivity index (χ3n) is 2.85. The van der Waals surface area contributed by atoms with Gasteiger partial charge in [-0.1, -0.05) is 6.92 Å². The molecule has 3 aromatic rings. The summed E-state index contributed by atoms with van der Waals surface area (Å²) in [5, 5.41) is 6.11. The minimum absolute atomic E-state index is 0.672. The van der Waals surface area contributed by atoms with Crippen molar-refractivity contribution in [3.63, 3.8) is 0 Å². The zero-order valence-corrected chi connectivity index (χ0v) is 13.5. The van der Waals surface area contributed by atoms with Gasteiger partial charge in [0, 0.05) is 23.0 Å². The maximum Gasteiger partial charge on any atom is 0.225 e. The normalized spacial score (nSPS) is 11.0. The van der Waals surface area contributed by atoms with Gasteiger partial charge in [-0.15, -0.1) is 11.3 Å². The first-order valence-electron chi connectivity index (χ1n) is 6.78. The molecule has 0 fully saturated rings. The summed E-state index contributed by atoms with van der Waals surface area (Å²) in [6.45, 7) is 4.99. The van der Waals surface area contributed by atoms with E-state index in [1.54, 1.807) is 35.6 Å². The fourth-order valence-corrected chi connectivity index (χ4v) is 3.73. The number of fused-ring (bicyclic) bond motifs is 1. The zero-order chi connectivity index (χ0) is 14.7. The average Bonchev–Trinajstić information content (AvgIpc) is 2.92. The highest BCUT2D eigenvalue weighted by atomic mass is 32.2. The van der Waals surface area contributed by atoms with Gasteiger partial charge in [-0.05, 0) is 37.2 Å². The van der Waals surface area contributed by atoms with Gasteiger partial charge in [-0.3, -0.25) is 0 Å². The first-order chi connectivity index (χ1) is 10.3. The summed E-state index contributed by atoms with van der Waals surface area (Å²) in [5.74, 6) is 0.672. The molecule has 1 N–H and O–H groups in total. The van der Waals surface area contributed by atoms with E-state index in [4.69, 9.17) is 0 Å². The average molecular weight is 317 g/mol. The highest BCUT2D eigenvalue weighted by Crippen LogP contribution is 2.35. The second-order valence-corrected chi connectivity index (χ2v) is 6.44. The number of aryl methyl sites for hydroxylation is 1. The maximum absolute atomic E-state index is 4.62. The van der Waals surface area contributed by atoms with Crippen molar-refractivity contribution in [1.29, 1.82) is 0 Å². The SMILES string of the molecule is CCNc1nc(Sc2ccncn2)c2cc(CC)sc2n1. The summed E-state index contributed by atoms with van der Waals surface area (Å²) in [6.07, 6.45) is 4.30. The Morgan fingerprint density at radius 2 is 2.19 bits per heavy atom. The van der Waals surface area contributed by atoms with Gasteiger partial charge in [-0.2, -0.15) is 0 Å². The second-order valence-electron chi connectivity index (χ2n) is 4.32. The van der Waals surface area contributed by atoms with E-state index in [1.807, 2.05) is 13.0 Å². The van der Waals surface area contributed by atoms with E-state index in [0.29, 0.717) is 5.95 Å². The third kappa shape index (κ3) is 3.14. The quantitative estimate of drug-likeness (QED) is 0.725. The lowest BCUT2D eigenvalue weighted by molar-refractivity contribution is 1.03. The second kappa shape index (κ2) is 6.36. The summed E-state index contributed by atoms with van der Waals surface area (Å²) < 4.78 is 0. The number of aromatic nitrogens is 4. The maximum atomic E-state index is 4.62. The van der Waals surface area contributed by atoms with Gasteiger partial charge in [0.25, 0.3) is 0 Å². The molecule has 0 aliphatic rings. The highest BCUT2D eigenvalue weighted by Gasteiger charge is 2.13. The minimum Gasteiger partial charge on any atom is -0.354 e. The first-order valence-corrected chi connectivity index (χ1v) is 8.41. The Balaban J connectivity index is 2.07. The van der Waals surface area contributed by atoms with Gasteiger partial charge in [0.05, 0.1) is 0 Å². The highest BCUT2D eigenvalue weighted by molar-refractivity contribution is 7.99. The Bertz CT molecular complexity index is 742. The van der Waals surface area contributed by atoms with Gasteiger partial charge in [0.15, 0.2) is 0 Å². The zero-order valence-electron chi connectivity index (χ0n) is 11.8. The standard InChI is InChI=1S/C14H15N5S2/c1-3-9-7-10-12(20-9)18-14(16-4-2)19-13(10)21-11-5-6-15-8-17-11/h5-8H,3-4H2,1-2H3,(H,16,18,19). The van der Waals surface area contributed by atoms with Gasteiger partial charge < -0.3 is 5.32 Å². The molecule has 0 radical (unpaired) electrons. The van der Waals surface area contributed by atoms with Gasteiger partial charge in [0.2, 0.25) is 5.95 Å². The third-order valence-corrected chi connectivity index (χ3v) is 4.98. The Kier molecular flexibility index (Phi) is 4.31. The van der Waals surface area contributed by atoms with Crippen molar-refractivity contribution in [1.82, 2.24) is 19.9 Å². The van der Waals surface area contributed by atoms with Crippen LogP contribution in [0.3, 0.4) is 0 Å². The number of hydrogen-bond donors (Lipinski definition) is 1. The van der Waals surface area contributed by atoms with Crippen LogP contribution >= 0.6 is 23.1 Å². The summed E-state index contributed by atoms with van der Waals surface area (Å²) in [7, 11) is 0. The van der Waals surface area contributed by atoms with Crippen molar-refractivity contribution >= 4 is 39.3 Å². The molecule has 0 unspecified atom stereocenters. The summed E-state index contributed by atoms with van der Waals surface area (Å²) in [5.41, 5.74) is 0. The van der Waals surface area contributed by atoms with Crippen LogP contribution in [0.1, 0.15) is 18.7 Å². The molecule has 0 aliphatic carbocycles. The number of nitrogens with zero attached hydrogens (tertiary/aromatic N) is 4. The van der Waals surface area contributed by atoms with Crippen LogP contribution in [0.2, 0.25) is 0 Å². The molecule has 0 bridgehead atoms. The molecule has 0 saturated carbocycles. The molecule has 5 nitrogen and oxygen atoms in total. The molecule has 0 atom stereocenters. The van der Waals surface area contributed by atoms with Crippen LogP contribution in [-0.2, 0) is 6.42 Å². The predicted molar refractivity (Wildman–Crippen MR) is 87.1 cm³/mol. The van der Waals surface area contributed by atoms with Crippen LogP contribution in [0.25, 0.3) is 10.2 Å². The Morgan fingerprint density at radius 3 is 2.90 bits per heavy atom. The van der Waals surface area contributed by atoms with Crippen LogP contribution in [0.15, 0.2) is 34.7 Å². The number of nitrogens with one attached hydrogen (secondary N) is 1. The molecule has 3 rings (SSSR count). The van der Waals surface area contributed by atoms with Crippen LogP contribution in [0, 0.1) is 0 Å². The topological polar surface area (TPSA) is 63.6 Å². The molecule has 0 amide bonds. The first kappa shape index (κ1) is 14.2. The number of rotatable bonds is 5. The van der Waals surface area contributed by atoms with Crippen molar-refractivity contribution in [2.75, 3.05) is 11.9 Å². The molecule has 3 aromatic heterocycles. The fraction of sp³-hybridized carbons (Fsp3) is 0.286. The summed E-state index contributed by atoms with van der Waals surface area (Å²) >= 11 is 3.27. The lowest BCUT2D eigenvalue weighted by atomic mass is 10.3. The number of hydrogen-bond acceptors (Lipinski definition) is 7.